The molecule has 1 N–H and O–H groups in total. The molecule has 0 radical (unpaired) electrons. The fraction of sp³-hybridized carbons (Fsp3) is 0.917. The van der Waals surface area contributed by atoms with E-state index >= 15 is 0 Å². The summed E-state index contributed by atoms with van der Waals surface area (Å²) in [5.74, 6) is -0.947. The summed E-state index contributed by atoms with van der Waals surface area (Å²) < 4.78 is 0. The summed E-state index contributed by atoms with van der Waals surface area (Å²) in [6.45, 7) is 7.75. The van der Waals surface area contributed by atoms with Gasteiger partial charge in [-0.3, -0.25) is 0 Å². The molecule has 0 aromatic carbocycles. The van der Waals surface area contributed by atoms with Crippen LogP contribution in [0.4, 0.5) is 0 Å². The second-order valence-electron chi connectivity index (χ2n) is 5.34. The third kappa shape index (κ3) is 2.03. The Morgan fingerprint density at radius 2 is 2.07 bits per heavy atom. The second-order valence-corrected chi connectivity index (χ2v) is 5.34. The molecule has 4 atom stereocenters. The lowest BCUT2D eigenvalue weighted by Gasteiger charge is -2.56. The SMILES string of the molecule is CCC(C(=O)[O-])C1CC(C(C)O)C1(C)C. The molecule has 1 aliphatic carbocycles. The number of rotatable bonds is 4. The molecular formula is C12H21O3-. The summed E-state index contributed by atoms with van der Waals surface area (Å²) >= 11 is 0. The first kappa shape index (κ1) is 12.5. The topological polar surface area (TPSA) is 60.4 Å². The van der Waals surface area contributed by atoms with Crippen molar-refractivity contribution in [2.75, 3.05) is 0 Å². The van der Waals surface area contributed by atoms with E-state index in [4.69, 9.17) is 0 Å². The molecule has 1 saturated carbocycles. The summed E-state index contributed by atoms with van der Waals surface area (Å²) in [5.41, 5.74) is -0.0884. The first-order valence-corrected chi connectivity index (χ1v) is 5.71. The van der Waals surface area contributed by atoms with Crippen LogP contribution in [0.15, 0.2) is 0 Å². The molecule has 1 rings (SSSR count). The smallest absolute Gasteiger partial charge is 0.0545 e. The summed E-state index contributed by atoms with van der Waals surface area (Å²) in [7, 11) is 0. The van der Waals surface area contributed by atoms with Crippen molar-refractivity contribution in [3.05, 3.63) is 0 Å². The highest BCUT2D eigenvalue weighted by Crippen LogP contribution is 2.56. The molecule has 15 heavy (non-hydrogen) atoms. The van der Waals surface area contributed by atoms with E-state index in [0.717, 1.165) is 6.42 Å². The van der Waals surface area contributed by atoms with E-state index in [1.54, 1.807) is 6.92 Å². The van der Waals surface area contributed by atoms with Crippen molar-refractivity contribution in [3.8, 4) is 0 Å². The number of aliphatic carboxylic acids is 1. The molecule has 1 aliphatic rings. The Labute approximate surface area is 91.5 Å². The van der Waals surface area contributed by atoms with Gasteiger partial charge in [-0.15, -0.1) is 0 Å². The van der Waals surface area contributed by atoms with Gasteiger partial charge in [0.15, 0.2) is 0 Å². The van der Waals surface area contributed by atoms with Crippen LogP contribution < -0.4 is 5.11 Å². The zero-order chi connectivity index (χ0) is 11.8. The van der Waals surface area contributed by atoms with Crippen LogP contribution in [0.25, 0.3) is 0 Å². The van der Waals surface area contributed by atoms with E-state index in [2.05, 4.69) is 0 Å². The third-order valence-corrected chi connectivity index (χ3v) is 4.23. The molecule has 0 amide bonds. The van der Waals surface area contributed by atoms with E-state index in [0.29, 0.717) is 6.42 Å². The molecule has 3 heteroatoms. The number of carbonyl (C=O) groups is 1. The highest BCUT2D eigenvalue weighted by Gasteiger charge is 2.52. The maximum atomic E-state index is 11.0. The lowest BCUT2D eigenvalue weighted by molar-refractivity contribution is -0.318. The predicted octanol–water partition coefficient (Wildman–Crippen LogP) is 0.806. The van der Waals surface area contributed by atoms with Crippen molar-refractivity contribution >= 4 is 5.97 Å². The lowest BCUT2D eigenvalue weighted by atomic mass is 9.49. The molecule has 0 aliphatic heterocycles. The lowest BCUT2D eigenvalue weighted by Crippen LogP contribution is -2.55. The maximum absolute atomic E-state index is 11.0. The van der Waals surface area contributed by atoms with Crippen molar-refractivity contribution in [1.82, 2.24) is 0 Å². The van der Waals surface area contributed by atoms with Crippen LogP contribution in [0, 0.1) is 23.2 Å². The van der Waals surface area contributed by atoms with Crippen LogP contribution in [-0.2, 0) is 4.79 Å². The minimum absolute atomic E-state index is 0.0884. The number of hydrogen-bond donors (Lipinski definition) is 1. The average molecular weight is 213 g/mol. The number of carboxylic acid groups (broad SMARTS) is 1. The summed E-state index contributed by atoms with van der Waals surface area (Å²) in [6, 6.07) is 0. The van der Waals surface area contributed by atoms with Gasteiger partial charge < -0.3 is 15.0 Å². The molecule has 0 aromatic heterocycles. The predicted molar refractivity (Wildman–Crippen MR) is 55.8 cm³/mol. The highest BCUT2D eigenvalue weighted by molar-refractivity contribution is 5.68. The van der Waals surface area contributed by atoms with Gasteiger partial charge in [-0.05, 0) is 37.0 Å². The largest absolute Gasteiger partial charge is 0.550 e. The van der Waals surface area contributed by atoms with Crippen LogP contribution in [-0.4, -0.2) is 17.2 Å². The molecule has 88 valence electrons. The van der Waals surface area contributed by atoms with Gasteiger partial charge in [0.25, 0.3) is 0 Å². The molecular weight excluding hydrogens is 192 g/mol. The zero-order valence-electron chi connectivity index (χ0n) is 9.99. The number of carbonyl (C=O) groups excluding carboxylic acids is 1. The Morgan fingerprint density at radius 3 is 2.33 bits per heavy atom. The van der Waals surface area contributed by atoms with Gasteiger partial charge in [0.05, 0.1) is 6.10 Å². The van der Waals surface area contributed by atoms with Gasteiger partial charge in [-0.25, -0.2) is 0 Å². The molecule has 0 saturated heterocycles. The fourth-order valence-electron chi connectivity index (χ4n) is 3.11. The van der Waals surface area contributed by atoms with Gasteiger partial charge in [0.2, 0.25) is 0 Å². The Hall–Kier alpha value is -0.570. The summed E-state index contributed by atoms with van der Waals surface area (Å²) in [6.07, 6.45) is 1.07. The highest BCUT2D eigenvalue weighted by atomic mass is 16.4. The van der Waals surface area contributed by atoms with Crippen LogP contribution in [0.5, 0.6) is 0 Å². The Morgan fingerprint density at radius 1 is 1.53 bits per heavy atom. The van der Waals surface area contributed by atoms with Gasteiger partial charge in [-0.1, -0.05) is 20.8 Å². The van der Waals surface area contributed by atoms with E-state index < -0.39 is 5.97 Å². The van der Waals surface area contributed by atoms with Crippen LogP contribution in [0.1, 0.15) is 40.5 Å². The minimum atomic E-state index is -0.945. The Kier molecular flexibility index (Phi) is 3.44. The van der Waals surface area contributed by atoms with Gasteiger partial charge >= 0.3 is 0 Å². The van der Waals surface area contributed by atoms with Crippen molar-refractivity contribution in [2.24, 2.45) is 23.2 Å². The molecule has 0 spiro atoms. The Balaban J connectivity index is 2.73. The van der Waals surface area contributed by atoms with Crippen molar-refractivity contribution in [1.29, 1.82) is 0 Å². The van der Waals surface area contributed by atoms with E-state index in [1.807, 2.05) is 20.8 Å². The van der Waals surface area contributed by atoms with Crippen LogP contribution in [0.2, 0.25) is 0 Å². The number of carboxylic acids is 1. The number of hydrogen-bond acceptors (Lipinski definition) is 3. The van der Waals surface area contributed by atoms with Gasteiger partial charge in [0, 0.05) is 11.9 Å². The normalized spacial score (nSPS) is 32.9. The summed E-state index contributed by atoms with van der Waals surface area (Å²) in [4.78, 5) is 11.0. The van der Waals surface area contributed by atoms with Gasteiger partial charge in [-0.2, -0.15) is 0 Å². The second kappa shape index (κ2) is 4.12. The first-order chi connectivity index (χ1) is 6.82. The quantitative estimate of drug-likeness (QED) is 0.751. The third-order valence-electron chi connectivity index (χ3n) is 4.23. The van der Waals surface area contributed by atoms with Crippen molar-refractivity contribution in [3.63, 3.8) is 0 Å². The van der Waals surface area contributed by atoms with Crippen LogP contribution in [0.3, 0.4) is 0 Å². The van der Waals surface area contributed by atoms with E-state index in [1.165, 1.54) is 0 Å². The molecule has 0 bridgehead atoms. The molecule has 1 fully saturated rings. The first-order valence-electron chi connectivity index (χ1n) is 5.71. The maximum Gasteiger partial charge on any atom is 0.0545 e. The minimum Gasteiger partial charge on any atom is -0.550 e. The Bertz CT molecular complexity index is 245. The average Bonchev–Trinajstić information content (AvgIpc) is 2.09. The van der Waals surface area contributed by atoms with E-state index in [-0.39, 0.29) is 29.3 Å². The van der Waals surface area contributed by atoms with Crippen LogP contribution >= 0.6 is 0 Å². The van der Waals surface area contributed by atoms with Crippen molar-refractivity contribution < 1.29 is 15.0 Å². The van der Waals surface area contributed by atoms with E-state index in [9.17, 15) is 15.0 Å². The molecule has 0 heterocycles. The molecule has 0 aromatic rings. The number of aliphatic hydroxyl groups is 1. The number of aliphatic hydroxyl groups excluding tert-OH is 1. The summed E-state index contributed by atoms with van der Waals surface area (Å²) in [5, 5.41) is 20.5. The molecule has 4 unspecified atom stereocenters. The monoisotopic (exact) mass is 213 g/mol. The fourth-order valence-corrected chi connectivity index (χ4v) is 3.11. The van der Waals surface area contributed by atoms with Crippen molar-refractivity contribution in [2.45, 2.75) is 46.6 Å². The van der Waals surface area contributed by atoms with Gasteiger partial charge in [0.1, 0.15) is 0 Å². The standard InChI is InChI=1S/C12H22O3/c1-5-8(11(14)15)10-6-9(7(2)13)12(10,3)4/h7-10,13H,5-6H2,1-4H3,(H,14,15)/p-1. The molecule has 3 nitrogen and oxygen atoms in total. The zero-order valence-corrected chi connectivity index (χ0v) is 9.99.